The molecule has 5 heteroatoms. The number of piperidine rings is 1. The number of rotatable bonds is 6. The maximum Gasteiger partial charge on any atom is 0.251 e. The van der Waals surface area contributed by atoms with Gasteiger partial charge < -0.3 is 4.90 Å². The van der Waals surface area contributed by atoms with Crippen LogP contribution < -0.4 is 0 Å². The van der Waals surface area contributed by atoms with Gasteiger partial charge in [0, 0.05) is 18.6 Å². The van der Waals surface area contributed by atoms with E-state index in [1.165, 1.54) is 0 Å². The SMILES string of the molecule is C[C@@H]1CCC[C@H](C)N1C(=O)CN(Cc1ccccc1)CC(F)F. The molecule has 2 rings (SSSR count). The highest BCUT2D eigenvalue weighted by atomic mass is 19.3. The van der Waals surface area contributed by atoms with Crippen molar-refractivity contribution in [3.8, 4) is 0 Å². The van der Waals surface area contributed by atoms with Crippen molar-refractivity contribution in [3.05, 3.63) is 35.9 Å². The Kier molecular flexibility index (Phi) is 6.51. The van der Waals surface area contributed by atoms with Crippen molar-refractivity contribution in [2.45, 2.75) is 58.2 Å². The fourth-order valence-corrected chi connectivity index (χ4v) is 3.41. The minimum Gasteiger partial charge on any atom is -0.336 e. The quantitative estimate of drug-likeness (QED) is 0.799. The minimum atomic E-state index is -2.44. The summed E-state index contributed by atoms with van der Waals surface area (Å²) in [5.41, 5.74) is 0.945. The molecule has 0 N–H and O–H groups in total. The van der Waals surface area contributed by atoms with Gasteiger partial charge in [-0.3, -0.25) is 9.69 Å². The van der Waals surface area contributed by atoms with Gasteiger partial charge in [-0.15, -0.1) is 0 Å². The van der Waals surface area contributed by atoms with Gasteiger partial charge in [-0.05, 0) is 38.7 Å². The third kappa shape index (κ3) is 5.27. The first-order chi connectivity index (χ1) is 11.0. The molecule has 128 valence electrons. The highest BCUT2D eigenvalue weighted by Crippen LogP contribution is 2.23. The molecule has 0 aliphatic carbocycles. The Balaban J connectivity index is 2.02. The van der Waals surface area contributed by atoms with E-state index in [0.29, 0.717) is 6.54 Å². The van der Waals surface area contributed by atoms with Crippen LogP contribution in [0.4, 0.5) is 8.78 Å². The molecular weight excluding hydrogens is 298 g/mol. The first kappa shape index (κ1) is 17.9. The molecule has 0 aromatic heterocycles. The van der Waals surface area contributed by atoms with Gasteiger partial charge in [0.2, 0.25) is 5.91 Å². The van der Waals surface area contributed by atoms with Gasteiger partial charge >= 0.3 is 0 Å². The first-order valence-electron chi connectivity index (χ1n) is 8.33. The lowest BCUT2D eigenvalue weighted by molar-refractivity contribution is -0.139. The Labute approximate surface area is 137 Å². The van der Waals surface area contributed by atoms with Gasteiger partial charge in [0.15, 0.2) is 0 Å². The molecule has 0 bridgehead atoms. The van der Waals surface area contributed by atoms with Crippen LogP contribution in [0.15, 0.2) is 30.3 Å². The van der Waals surface area contributed by atoms with E-state index in [2.05, 4.69) is 0 Å². The Hall–Kier alpha value is -1.49. The summed E-state index contributed by atoms with van der Waals surface area (Å²) in [5.74, 6) is -0.0405. The normalized spacial score (nSPS) is 21.9. The second kappa shape index (κ2) is 8.39. The monoisotopic (exact) mass is 324 g/mol. The third-order valence-electron chi connectivity index (χ3n) is 4.49. The molecule has 0 unspecified atom stereocenters. The lowest BCUT2D eigenvalue weighted by Crippen LogP contribution is -2.51. The van der Waals surface area contributed by atoms with Crippen LogP contribution in [0.1, 0.15) is 38.7 Å². The molecule has 1 aromatic rings. The predicted octanol–water partition coefficient (Wildman–Crippen LogP) is 3.54. The van der Waals surface area contributed by atoms with Gasteiger partial charge in [-0.2, -0.15) is 0 Å². The summed E-state index contributed by atoms with van der Waals surface area (Å²) in [4.78, 5) is 16.1. The zero-order valence-electron chi connectivity index (χ0n) is 13.9. The minimum absolute atomic E-state index is 0.0405. The second-order valence-corrected chi connectivity index (χ2v) is 6.48. The van der Waals surface area contributed by atoms with Gasteiger partial charge in [0.05, 0.1) is 13.1 Å². The molecule has 1 saturated heterocycles. The fraction of sp³-hybridized carbons (Fsp3) is 0.611. The average Bonchev–Trinajstić information content (AvgIpc) is 2.47. The molecule has 3 nitrogen and oxygen atoms in total. The number of halogens is 2. The van der Waals surface area contributed by atoms with E-state index >= 15 is 0 Å². The summed E-state index contributed by atoms with van der Waals surface area (Å²) in [6, 6.07) is 9.83. The van der Waals surface area contributed by atoms with E-state index in [-0.39, 0.29) is 31.1 Å². The maximum absolute atomic E-state index is 12.9. The Morgan fingerprint density at radius 1 is 1.22 bits per heavy atom. The Morgan fingerprint density at radius 2 is 1.83 bits per heavy atom. The van der Waals surface area contributed by atoms with E-state index in [1.54, 1.807) is 4.90 Å². The summed E-state index contributed by atoms with van der Waals surface area (Å²) in [6.07, 6.45) is 0.659. The standard InChI is InChI=1S/C18H26F2N2O/c1-14-7-6-8-15(2)22(14)18(23)13-21(12-17(19)20)11-16-9-4-3-5-10-16/h3-5,9-10,14-15,17H,6-8,11-13H2,1-2H3/t14-,15+. The summed E-state index contributed by atoms with van der Waals surface area (Å²) in [5, 5.41) is 0. The third-order valence-corrected chi connectivity index (χ3v) is 4.49. The molecule has 0 spiro atoms. The van der Waals surface area contributed by atoms with Crippen molar-refractivity contribution in [1.82, 2.24) is 9.80 Å². The van der Waals surface area contributed by atoms with Crippen LogP contribution in [-0.2, 0) is 11.3 Å². The molecule has 0 saturated carbocycles. The number of likely N-dealkylation sites (tertiary alicyclic amines) is 1. The van der Waals surface area contributed by atoms with Crippen LogP contribution in [0.5, 0.6) is 0 Å². The summed E-state index contributed by atoms with van der Waals surface area (Å²) in [7, 11) is 0. The number of amides is 1. The molecule has 1 fully saturated rings. The summed E-state index contributed by atoms with van der Waals surface area (Å²) >= 11 is 0. The first-order valence-corrected chi connectivity index (χ1v) is 8.33. The van der Waals surface area contributed by atoms with E-state index in [1.807, 2.05) is 49.1 Å². The van der Waals surface area contributed by atoms with E-state index in [0.717, 1.165) is 24.8 Å². The fourth-order valence-electron chi connectivity index (χ4n) is 3.41. The van der Waals surface area contributed by atoms with E-state index in [4.69, 9.17) is 0 Å². The lowest BCUT2D eigenvalue weighted by atomic mass is 9.97. The molecular formula is C18H26F2N2O. The van der Waals surface area contributed by atoms with Crippen molar-refractivity contribution in [3.63, 3.8) is 0 Å². The number of nitrogens with zero attached hydrogens (tertiary/aromatic N) is 2. The largest absolute Gasteiger partial charge is 0.336 e. The van der Waals surface area contributed by atoms with Crippen LogP contribution >= 0.6 is 0 Å². The zero-order valence-corrected chi connectivity index (χ0v) is 13.9. The topological polar surface area (TPSA) is 23.6 Å². The number of carbonyl (C=O) groups excluding carboxylic acids is 1. The number of alkyl halides is 2. The molecule has 0 radical (unpaired) electrons. The highest BCUT2D eigenvalue weighted by molar-refractivity contribution is 5.79. The number of carbonyl (C=O) groups is 1. The van der Waals surface area contributed by atoms with E-state index < -0.39 is 6.43 Å². The van der Waals surface area contributed by atoms with Crippen LogP contribution in [-0.4, -0.2) is 47.3 Å². The van der Waals surface area contributed by atoms with Crippen LogP contribution in [0.25, 0.3) is 0 Å². The van der Waals surface area contributed by atoms with Crippen LogP contribution in [0, 0.1) is 0 Å². The molecule has 23 heavy (non-hydrogen) atoms. The summed E-state index contributed by atoms with van der Waals surface area (Å²) < 4.78 is 25.7. The van der Waals surface area contributed by atoms with Crippen molar-refractivity contribution in [1.29, 1.82) is 0 Å². The van der Waals surface area contributed by atoms with Gasteiger partial charge in [-0.1, -0.05) is 30.3 Å². The van der Waals surface area contributed by atoms with Gasteiger partial charge in [-0.25, -0.2) is 8.78 Å². The molecule has 1 aromatic carbocycles. The van der Waals surface area contributed by atoms with Gasteiger partial charge in [0.25, 0.3) is 6.43 Å². The van der Waals surface area contributed by atoms with Crippen LogP contribution in [0.2, 0.25) is 0 Å². The van der Waals surface area contributed by atoms with Crippen molar-refractivity contribution < 1.29 is 13.6 Å². The summed E-state index contributed by atoms with van der Waals surface area (Å²) in [6.45, 7) is 4.13. The Morgan fingerprint density at radius 3 is 2.39 bits per heavy atom. The molecule has 1 aliphatic heterocycles. The van der Waals surface area contributed by atoms with Crippen LogP contribution in [0.3, 0.4) is 0 Å². The predicted molar refractivity (Wildman–Crippen MR) is 87.3 cm³/mol. The van der Waals surface area contributed by atoms with Gasteiger partial charge in [0.1, 0.15) is 0 Å². The lowest BCUT2D eigenvalue weighted by Gasteiger charge is -2.40. The second-order valence-electron chi connectivity index (χ2n) is 6.48. The highest BCUT2D eigenvalue weighted by Gasteiger charge is 2.30. The molecule has 1 heterocycles. The number of hydrogen-bond donors (Lipinski definition) is 0. The number of hydrogen-bond acceptors (Lipinski definition) is 2. The maximum atomic E-state index is 12.9. The molecule has 1 amide bonds. The van der Waals surface area contributed by atoms with E-state index in [9.17, 15) is 13.6 Å². The van der Waals surface area contributed by atoms with Crippen molar-refractivity contribution >= 4 is 5.91 Å². The molecule has 2 atom stereocenters. The van der Waals surface area contributed by atoms with Crippen molar-refractivity contribution in [2.24, 2.45) is 0 Å². The smallest absolute Gasteiger partial charge is 0.251 e. The number of benzene rings is 1. The zero-order chi connectivity index (χ0) is 16.8. The Bertz CT molecular complexity index is 485. The average molecular weight is 324 g/mol. The molecule has 1 aliphatic rings. The van der Waals surface area contributed by atoms with Crippen molar-refractivity contribution in [2.75, 3.05) is 13.1 Å².